The van der Waals surface area contributed by atoms with Gasteiger partial charge in [-0.05, 0) is 49.7 Å². The van der Waals surface area contributed by atoms with Crippen molar-refractivity contribution in [3.05, 3.63) is 40.9 Å². The number of para-hydroxylation sites is 1. The standard InChI is InChI=1S/C22H28N4O3/c1-2-5-14-10-20(27)25-19-11-15(8-9-16(14)19)24-21(28)12-26-13-23-18-7-4-3-6-17(18)22(26)29/h3-4,6-7,13-16,19H,2,5,8-12H2,1H3,(H,24,28)(H,25,27). The molecule has 1 aliphatic carbocycles. The Balaban J connectivity index is 1.39. The number of carbonyl (C=O) groups is 2. The fraction of sp³-hybridized carbons (Fsp3) is 0.545. The number of hydrogen-bond donors (Lipinski definition) is 2. The molecule has 7 nitrogen and oxygen atoms in total. The third-order valence-electron chi connectivity index (χ3n) is 6.37. The van der Waals surface area contributed by atoms with Gasteiger partial charge in [0.25, 0.3) is 5.56 Å². The smallest absolute Gasteiger partial charge is 0.261 e. The Bertz CT molecular complexity index is 970. The van der Waals surface area contributed by atoms with E-state index in [4.69, 9.17) is 0 Å². The van der Waals surface area contributed by atoms with E-state index in [0.29, 0.717) is 29.2 Å². The number of amides is 2. The number of hydrogen-bond acceptors (Lipinski definition) is 4. The maximum atomic E-state index is 12.6. The number of rotatable bonds is 5. The summed E-state index contributed by atoms with van der Waals surface area (Å²) in [6.07, 6.45) is 6.92. The lowest BCUT2D eigenvalue weighted by Crippen LogP contribution is -2.55. The highest BCUT2D eigenvalue weighted by Gasteiger charge is 2.40. The molecule has 7 heteroatoms. The van der Waals surface area contributed by atoms with Gasteiger partial charge in [0, 0.05) is 18.5 Å². The lowest BCUT2D eigenvalue weighted by Gasteiger charge is -2.44. The van der Waals surface area contributed by atoms with Crippen LogP contribution in [0, 0.1) is 11.8 Å². The first kappa shape index (κ1) is 19.6. The second kappa shape index (κ2) is 8.35. The molecular formula is C22H28N4O3. The largest absolute Gasteiger partial charge is 0.353 e. The van der Waals surface area contributed by atoms with Crippen molar-refractivity contribution in [3.63, 3.8) is 0 Å². The molecule has 0 radical (unpaired) electrons. The summed E-state index contributed by atoms with van der Waals surface area (Å²) < 4.78 is 1.35. The van der Waals surface area contributed by atoms with E-state index in [1.54, 1.807) is 18.2 Å². The third kappa shape index (κ3) is 4.18. The molecule has 2 aromatic rings. The van der Waals surface area contributed by atoms with Crippen LogP contribution < -0.4 is 16.2 Å². The minimum atomic E-state index is -0.212. The zero-order valence-electron chi connectivity index (χ0n) is 16.8. The number of benzene rings is 1. The summed E-state index contributed by atoms with van der Waals surface area (Å²) in [6, 6.07) is 7.28. The Morgan fingerprint density at radius 3 is 2.93 bits per heavy atom. The summed E-state index contributed by atoms with van der Waals surface area (Å²) in [4.78, 5) is 41.5. The SMILES string of the molecule is CCCC1CC(=O)NC2CC(NC(=O)Cn3cnc4ccccc4c3=O)CCC12. The van der Waals surface area contributed by atoms with Gasteiger partial charge in [-0.2, -0.15) is 0 Å². The summed E-state index contributed by atoms with van der Waals surface area (Å²) >= 11 is 0. The van der Waals surface area contributed by atoms with Crippen molar-refractivity contribution in [3.8, 4) is 0 Å². The van der Waals surface area contributed by atoms with Crippen molar-refractivity contribution in [2.24, 2.45) is 11.8 Å². The molecular weight excluding hydrogens is 368 g/mol. The van der Waals surface area contributed by atoms with Crippen LogP contribution in [-0.4, -0.2) is 33.4 Å². The predicted molar refractivity (Wildman–Crippen MR) is 110 cm³/mol. The first-order valence-corrected chi connectivity index (χ1v) is 10.6. The van der Waals surface area contributed by atoms with Gasteiger partial charge in [0.1, 0.15) is 6.54 Å². The molecule has 1 aromatic heterocycles. The molecule has 2 fully saturated rings. The van der Waals surface area contributed by atoms with E-state index >= 15 is 0 Å². The molecule has 1 saturated carbocycles. The lowest BCUT2D eigenvalue weighted by molar-refractivity contribution is -0.127. The molecule has 0 spiro atoms. The molecule has 4 rings (SSSR count). The molecule has 2 N–H and O–H groups in total. The average molecular weight is 396 g/mol. The van der Waals surface area contributed by atoms with E-state index in [9.17, 15) is 14.4 Å². The summed E-state index contributed by atoms with van der Waals surface area (Å²) in [5.74, 6) is 0.899. The quantitative estimate of drug-likeness (QED) is 0.808. The summed E-state index contributed by atoms with van der Waals surface area (Å²) in [6.45, 7) is 2.11. The number of nitrogens with one attached hydrogen (secondary N) is 2. The van der Waals surface area contributed by atoms with E-state index in [1.165, 1.54) is 10.9 Å². The first-order valence-electron chi connectivity index (χ1n) is 10.6. The summed E-state index contributed by atoms with van der Waals surface area (Å²) in [5, 5.41) is 6.70. The molecule has 154 valence electrons. The van der Waals surface area contributed by atoms with Crippen LogP contribution in [0.25, 0.3) is 10.9 Å². The summed E-state index contributed by atoms with van der Waals surface area (Å²) in [5.41, 5.74) is 0.415. The Hall–Kier alpha value is -2.70. The van der Waals surface area contributed by atoms with E-state index in [0.717, 1.165) is 32.1 Å². The highest BCUT2D eigenvalue weighted by molar-refractivity contribution is 5.79. The first-order chi connectivity index (χ1) is 14.0. The van der Waals surface area contributed by atoms with E-state index in [2.05, 4.69) is 22.5 Å². The van der Waals surface area contributed by atoms with Gasteiger partial charge in [-0.3, -0.25) is 19.0 Å². The van der Waals surface area contributed by atoms with E-state index in [-0.39, 0.29) is 36.0 Å². The predicted octanol–water partition coefficient (Wildman–Crippen LogP) is 1.99. The van der Waals surface area contributed by atoms with Gasteiger partial charge in [0.2, 0.25) is 11.8 Å². The van der Waals surface area contributed by atoms with Crippen LogP contribution in [0.15, 0.2) is 35.4 Å². The third-order valence-corrected chi connectivity index (χ3v) is 6.37. The second-order valence-electron chi connectivity index (χ2n) is 8.36. The summed E-state index contributed by atoms with van der Waals surface area (Å²) in [7, 11) is 0. The molecule has 2 amide bonds. The topological polar surface area (TPSA) is 93.1 Å². The fourth-order valence-electron chi connectivity index (χ4n) is 5.04. The molecule has 2 heterocycles. The normalized spacial score (nSPS) is 26.6. The van der Waals surface area contributed by atoms with Crippen molar-refractivity contribution < 1.29 is 9.59 Å². The van der Waals surface area contributed by atoms with Crippen LogP contribution in [0.4, 0.5) is 0 Å². The number of nitrogens with zero attached hydrogens (tertiary/aromatic N) is 2. The highest BCUT2D eigenvalue weighted by Crippen LogP contribution is 2.37. The molecule has 1 aliphatic heterocycles. The molecule has 4 unspecified atom stereocenters. The molecule has 4 atom stereocenters. The van der Waals surface area contributed by atoms with Crippen molar-refractivity contribution in [2.45, 2.75) is 64.1 Å². The number of fused-ring (bicyclic) bond motifs is 2. The van der Waals surface area contributed by atoms with Gasteiger partial charge in [-0.25, -0.2) is 4.98 Å². The molecule has 2 aliphatic rings. The maximum absolute atomic E-state index is 12.6. The van der Waals surface area contributed by atoms with Crippen molar-refractivity contribution in [1.82, 2.24) is 20.2 Å². The van der Waals surface area contributed by atoms with Crippen molar-refractivity contribution in [2.75, 3.05) is 0 Å². The second-order valence-corrected chi connectivity index (χ2v) is 8.36. The van der Waals surface area contributed by atoms with Crippen LogP contribution in [-0.2, 0) is 16.1 Å². The number of piperidine rings is 1. The van der Waals surface area contributed by atoms with Gasteiger partial charge < -0.3 is 10.6 Å². The van der Waals surface area contributed by atoms with Gasteiger partial charge in [0.15, 0.2) is 0 Å². The van der Waals surface area contributed by atoms with Crippen molar-refractivity contribution >= 4 is 22.7 Å². The van der Waals surface area contributed by atoms with Crippen LogP contribution in [0.3, 0.4) is 0 Å². The fourth-order valence-corrected chi connectivity index (χ4v) is 5.04. The van der Waals surface area contributed by atoms with E-state index < -0.39 is 0 Å². The van der Waals surface area contributed by atoms with Crippen LogP contribution in [0.1, 0.15) is 45.4 Å². The monoisotopic (exact) mass is 396 g/mol. The maximum Gasteiger partial charge on any atom is 0.261 e. The van der Waals surface area contributed by atoms with Gasteiger partial charge in [-0.15, -0.1) is 0 Å². The van der Waals surface area contributed by atoms with Gasteiger partial charge in [-0.1, -0.05) is 25.5 Å². The minimum Gasteiger partial charge on any atom is -0.353 e. The van der Waals surface area contributed by atoms with E-state index in [1.807, 2.05) is 6.07 Å². The Morgan fingerprint density at radius 2 is 2.10 bits per heavy atom. The minimum absolute atomic E-state index is 0.0218. The Morgan fingerprint density at radius 1 is 1.28 bits per heavy atom. The zero-order chi connectivity index (χ0) is 20.4. The average Bonchev–Trinajstić information content (AvgIpc) is 2.70. The molecule has 0 bridgehead atoms. The van der Waals surface area contributed by atoms with Gasteiger partial charge in [0.05, 0.1) is 17.2 Å². The lowest BCUT2D eigenvalue weighted by atomic mass is 9.70. The van der Waals surface area contributed by atoms with Crippen LogP contribution in [0.2, 0.25) is 0 Å². The van der Waals surface area contributed by atoms with Crippen molar-refractivity contribution in [1.29, 1.82) is 0 Å². The number of carbonyl (C=O) groups excluding carboxylic acids is 2. The Kier molecular flexibility index (Phi) is 5.65. The molecule has 1 aromatic carbocycles. The van der Waals surface area contributed by atoms with Crippen LogP contribution in [0.5, 0.6) is 0 Å². The van der Waals surface area contributed by atoms with Gasteiger partial charge >= 0.3 is 0 Å². The molecule has 1 saturated heterocycles. The highest BCUT2D eigenvalue weighted by atomic mass is 16.2. The number of aromatic nitrogens is 2. The molecule has 29 heavy (non-hydrogen) atoms. The van der Waals surface area contributed by atoms with Crippen LogP contribution >= 0.6 is 0 Å². The zero-order valence-corrected chi connectivity index (χ0v) is 16.8. The Labute approximate surface area is 169 Å².